The lowest BCUT2D eigenvalue weighted by Crippen LogP contribution is -2.57. The first-order valence-corrected chi connectivity index (χ1v) is 10.8. The second-order valence-corrected chi connectivity index (χ2v) is 9.93. The Bertz CT molecular complexity index is 907. The molecule has 10 heteroatoms. The number of likely N-dealkylation sites (tertiary alicyclic amines) is 1. The molecule has 2 aromatic rings. The van der Waals surface area contributed by atoms with Crippen molar-refractivity contribution in [3.8, 4) is 0 Å². The van der Waals surface area contributed by atoms with Crippen LogP contribution >= 0.6 is 0 Å². The quantitative estimate of drug-likeness (QED) is 0.761. The third-order valence-electron chi connectivity index (χ3n) is 5.72. The molecule has 2 aliphatic rings. The minimum atomic E-state index is -3.23. The summed E-state index contributed by atoms with van der Waals surface area (Å²) in [7, 11) is -1.26. The van der Waals surface area contributed by atoms with Crippen LogP contribution in [0.25, 0.3) is 11.0 Å². The maximum atomic E-state index is 12.5. The molecule has 1 saturated carbocycles. The van der Waals surface area contributed by atoms with E-state index >= 15 is 0 Å². The molecule has 7 nitrogen and oxygen atoms in total. The lowest BCUT2D eigenvalue weighted by atomic mass is 9.81. The Balaban J connectivity index is 1.30. The van der Waals surface area contributed by atoms with Crippen molar-refractivity contribution in [3.05, 3.63) is 18.6 Å². The van der Waals surface area contributed by atoms with E-state index in [9.17, 15) is 17.2 Å². The van der Waals surface area contributed by atoms with Gasteiger partial charge in [-0.3, -0.25) is 4.90 Å². The monoisotopic (exact) mass is 399 g/mol. The maximum absolute atomic E-state index is 12.5. The fourth-order valence-electron chi connectivity index (χ4n) is 4.02. The van der Waals surface area contributed by atoms with Gasteiger partial charge in [-0.05, 0) is 24.8 Å². The van der Waals surface area contributed by atoms with Crippen molar-refractivity contribution in [3.63, 3.8) is 0 Å². The van der Waals surface area contributed by atoms with E-state index in [1.807, 2.05) is 19.3 Å². The number of halogens is 2. The third-order valence-corrected chi connectivity index (χ3v) is 7.97. The molecule has 2 aromatic heterocycles. The van der Waals surface area contributed by atoms with Crippen molar-refractivity contribution in [1.29, 1.82) is 0 Å². The molecule has 0 amide bonds. The van der Waals surface area contributed by atoms with Crippen LogP contribution in [-0.2, 0) is 9.84 Å². The summed E-state index contributed by atoms with van der Waals surface area (Å²) in [6, 6.07) is 2.18. The number of anilines is 1. The highest BCUT2D eigenvalue weighted by atomic mass is 32.2. The first-order chi connectivity index (χ1) is 12.8. The molecule has 1 aliphatic heterocycles. The molecule has 0 aromatic carbocycles. The number of hydrogen-bond donors (Lipinski definition) is 1. The zero-order valence-corrected chi connectivity index (χ0v) is 15.9. The number of alkyl halides is 2. The average Bonchev–Trinajstić information content (AvgIpc) is 3.01. The summed E-state index contributed by atoms with van der Waals surface area (Å²) in [6.45, 7) is 0.124. The van der Waals surface area contributed by atoms with Crippen LogP contribution in [0.3, 0.4) is 0 Å². The van der Waals surface area contributed by atoms with Crippen molar-refractivity contribution < 1.29 is 17.2 Å². The summed E-state index contributed by atoms with van der Waals surface area (Å²) in [5.74, 6) is 1.11. The van der Waals surface area contributed by atoms with E-state index < -0.39 is 21.5 Å². The fraction of sp³-hybridized carbons (Fsp3) is 0.647. The molecule has 148 valence electrons. The van der Waals surface area contributed by atoms with Crippen molar-refractivity contribution in [1.82, 2.24) is 19.9 Å². The zero-order chi connectivity index (χ0) is 19.2. The van der Waals surface area contributed by atoms with Gasteiger partial charge in [-0.1, -0.05) is 0 Å². The SMILES string of the molecule is CN(c1ncnc2[nH]ccc12)C1CC(CS(=O)(=O)C2CN(CC(F)F)C2)C1. The van der Waals surface area contributed by atoms with Gasteiger partial charge in [0.15, 0.2) is 9.84 Å². The Morgan fingerprint density at radius 2 is 2.07 bits per heavy atom. The Kier molecular flexibility index (Phi) is 4.79. The summed E-state index contributed by atoms with van der Waals surface area (Å²) >= 11 is 0. The normalized spacial score (nSPS) is 24.1. The Morgan fingerprint density at radius 3 is 2.78 bits per heavy atom. The summed E-state index contributed by atoms with van der Waals surface area (Å²) in [6.07, 6.45) is 2.51. The molecule has 2 fully saturated rings. The van der Waals surface area contributed by atoms with Crippen LogP contribution < -0.4 is 4.90 Å². The van der Waals surface area contributed by atoms with Crippen LogP contribution in [0.15, 0.2) is 18.6 Å². The number of fused-ring (bicyclic) bond motifs is 1. The predicted molar refractivity (Wildman–Crippen MR) is 98.8 cm³/mol. The molecule has 0 unspecified atom stereocenters. The molecule has 0 atom stereocenters. The number of sulfone groups is 1. The van der Waals surface area contributed by atoms with E-state index in [1.54, 1.807) is 0 Å². The van der Waals surface area contributed by atoms with Gasteiger partial charge in [-0.15, -0.1) is 0 Å². The number of hydrogen-bond acceptors (Lipinski definition) is 6. The first kappa shape index (κ1) is 18.5. The van der Waals surface area contributed by atoms with Crippen LogP contribution in [0.4, 0.5) is 14.6 Å². The second-order valence-electron chi connectivity index (χ2n) is 7.60. The summed E-state index contributed by atoms with van der Waals surface area (Å²) < 4.78 is 49.6. The Labute approximate surface area is 156 Å². The van der Waals surface area contributed by atoms with Gasteiger partial charge < -0.3 is 9.88 Å². The lowest BCUT2D eigenvalue weighted by Gasteiger charge is -2.43. The molecule has 1 aliphatic carbocycles. The highest BCUT2D eigenvalue weighted by molar-refractivity contribution is 7.92. The summed E-state index contributed by atoms with van der Waals surface area (Å²) in [5.41, 5.74) is 0.781. The van der Waals surface area contributed by atoms with E-state index in [-0.39, 0.29) is 37.3 Å². The molecule has 1 saturated heterocycles. The predicted octanol–water partition coefficient (Wildman–Crippen LogP) is 1.54. The number of H-pyrrole nitrogens is 1. The van der Waals surface area contributed by atoms with Gasteiger partial charge in [-0.25, -0.2) is 27.2 Å². The summed E-state index contributed by atoms with van der Waals surface area (Å²) in [4.78, 5) is 15.2. The van der Waals surface area contributed by atoms with Gasteiger partial charge in [0.25, 0.3) is 6.43 Å². The van der Waals surface area contributed by atoms with E-state index in [4.69, 9.17) is 0 Å². The molecule has 27 heavy (non-hydrogen) atoms. The average molecular weight is 399 g/mol. The van der Waals surface area contributed by atoms with Gasteiger partial charge in [0.05, 0.1) is 22.9 Å². The number of rotatable bonds is 7. The van der Waals surface area contributed by atoms with Gasteiger partial charge in [0.2, 0.25) is 0 Å². The van der Waals surface area contributed by atoms with Crippen LogP contribution in [0.1, 0.15) is 12.8 Å². The third kappa shape index (κ3) is 3.64. The smallest absolute Gasteiger partial charge is 0.251 e. The number of nitrogens with zero attached hydrogens (tertiary/aromatic N) is 4. The van der Waals surface area contributed by atoms with Gasteiger partial charge in [0.1, 0.15) is 17.8 Å². The van der Waals surface area contributed by atoms with Gasteiger partial charge in [-0.2, -0.15) is 0 Å². The maximum Gasteiger partial charge on any atom is 0.251 e. The number of aromatic nitrogens is 3. The van der Waals surface area contributed by atoms with Crippen LogP contribution in [0.5, 0.6) is 0 Å². The molecular weight excluding hydrogens is 376 g/mol. The van der Waals surface area contributed by atoms with Crippen molar-refractivity contribution in [2.75, 3.05) is 37.3 Å². The van der Waals surface area contributed by atoms with E-state index in [2.05, 4.69) is 19.9 Å². The van der Waals surface area contributed by atoms with Crippen molar-refractivity contribution in [2.45, 2.75) is 30.6 Å². The van der Waals surface area contributed by atoms with Gasteiger partial charge >= 0.3 is 0 Å². The highest BCUT2D eigenvalue weighted by Gasteiger charge is 2.42. The number of nitrogens with one attached hydrogen (secondary N) is 1. The zero-order valence-electron chi connectivity index (χ0n) is 15.1. The second kappa shape index (κ2) is 6.97. The molecule has 4 rings (SSSR count). The highest BCUT2D eigenvalue weighted by Crippen LogP contribution is 2.36. The molecule has 1 N–H and O–H groups in total. The summed E-state index contributed by atoms with van der Waals surface area (Å²) in [5, 5.41) is 0.457. The van der Waals surface area contributed by atoms with Gasteiger partial charge in [0, 0.05) is 32.4 Å². The molecule has 0 radical (unpaired) electrons. The van der Waals surface area contributed by atoms with E-state index in [1.165, 1.54) is 11.2 Å². The number of aromatic amines is 1. The molecule has 3 heterocycles. The topological polar surface area (TPSA) is 82.2 Å². The fourth-order valence-corrected chi connectivity index (χ4v) is 6.10. The standard InChI is InChI=1S/C17H23F2N5O2S/c1-23(17-14-2-3-20-16(14)21-10-22-17)12-4-11(5-12)9-27(25,26)13-6-24(7-13)8-15(18)19/h2-3,10-13,15H,4-9H2,1H3,(H,20,21,22). The minimum Gasteiger partial charge on any atom is -0.356 e. The minimum absolute atomic E-state index is 0.121. The molecule has 0 spiro atoms. The van der Waals surface area contributed by atoms with Crippen molar-refractivity contribution >= 4 is 26.7 Å². The van der Waals surface area contributed by atoms with Crippen LogP contribution in [-0.4, -0.2) is 78.4 Å². The molecular formula is C17H23F2N5O2S. The lowest BCUT2D eigenvalue weighted by molar-refractivity contribution is 0.0603. The van der Waals surface area contributed by atoms with Crippen LogP contribution in [0.2, 0.25) is 0 Å². The first-order valence-electron chi connectivity index (χ1n) is 9.06. The van der Waals surface area contributed by atoms with Crippen molar-refractivity contribution in [2.24, 2.45) is 5.92 Å². The van der Waals surface area contributed by atoms with E-state index in [0.717, 1.165) is 29.7 Å². The largest absolute Gasteiger partial charge is 0.356 e. The molecule has 0 bridgehead atoms. The van der Waals surface area contributed by atoms with E-state index in [0.29, 0.717) is 0 Å². The van der Waals surface area contributed by atoms with Crippen LogP contribution in [0, 0.1) is 5.92 Å². The Morgan fingerprint density at radius 1 is 1.33 bits per heavy atom. The Hall–Kier alpha value is -1.81.